The van der Waals surface area contributed by atoms with Crippen molar-refractivity contribution in [2.24, 2.45) is 0 Å². The first kappa shape index (κ1) is 100. The van der Waals surface area contributed by atoms with Gasteiger partial charge in [0.25, 0.3) is 0 Å². The smallest absolute Gasteiger partial charge is 0.462 e. The molecule has 602 valence electrons. The zero-order valence-corrected chi connectivity index (χ0v) is 67.6. The molecule has 5 atom stereocenters. The van der Waals surface area contributed by atoms with Crippen LogP contribution in [0.2, 0.25) is 0 Å². The molecule has 0 saturated heterocycles. The molecule has 3 N–H and O–H groups in total. The van der Waals surface area contributed by atoms with E-state index in [0.29, 0.717) is 25.7 Å². The number of carbonyl (C=O) groups excluding carboxylic acids is 4. The molecule has 0 aliphatic rings. The molecule has 0 spiro atoms. The predicted molar refractivity (Wildman–Crippen MR) is 436 cm³/mol. The highest BCUT2D eigenvalue weighted by Gasteiger charge is 2.30. The van der Waals surface area contributed by atoms with Gasteiger partial charge in [-0.05, 0) is 154 Å². The summed E-state index contributed by atoms with van der Waals surface area (Å²) in [5.41, 5.74) is 0. The largest absolute Gasteiger partial charge is 0.472 e. The molecule has 0 aliphatic heterocycles. The molecule has 0 rings (SSSR count). The molecule has 0 aliphatic carbocycles. The van der Waals surface area contributed by atoms with Gasteiger partial charge in [-0.25, -0.2) is 9.13 Å². The van der Waals surface area contributed by atoms with Crippen LogP contribution in [-0.2, 0) is 65.4 Å². The maximum atomic E-state index is 13.1. The Morgan fingerprint density at radius 1 is 0.283 bits per heavy atom. The molecule has 19 heteroatoms. The highest BCUT2D eigenvalue weighted by atomic mass is 31.2. The van der Waals surface area contributed by atoms with E-state index in [1.165, 1.54) is 19.3 Å². The van der Waals surface area contributed by atoms with Gasteiger partial charge in [-0.1, -0.05) is 288 Å². The summed E-state index contributed by atoms with van der Waals surface area (Å²) in [6, 6.07) is 0. The molecular weight excluding hydrogens is 1380 g/mol. The number of hydrogen-bond acceptors (Lipinski definition) is 15. The Hall–Kier alpha value is -5.58. The SMILES string of the molecule is CC/C=C\C/C=C\C/C=C\C/C=C\C/C=C\CC(=O)OCC(COP(=O)(O)OCC(O)COP(=O)(O)OCC(COC(=O)CCCCCCCC/C=C\C/C=C\C/C=C\CCCCC)OC(=O)CCCCCCCCC/C=C\C/C=C\C/C=C\CC)OC(=O)CCCCCCC/C=C\C/C=C\C/C=C\CC. The second-order valence-corrected chi connectivity index (χ2v) is 29.1. The lowest BCUT2D eigenvalue weighted by molar-refractivity contribution is -0.161. The van der Waals surface area contributed by atoms with Gasteiger partial charge in [-0.2, -0.15) is 0 Å². The molecule has 0 bridgehead atoms. The third kappa shape index (κ3) is 76.6. The highest BCUT2D eigenvalue weighted by molar-refractivity contribution is 7.47. The first-order valence-electron chi connectivity index (χ1n) is 40.4. The van der Waals surface area contributed by atoms with E-state index in [4.69, 9.17) is 37.0 Å². The van der Waals surface area contributed by atoms with Crippen LogP contribution in [0.25, 0.3) is 0 Å². The van der Waals surface area contributed by atoms with Crippen molar-refractivity contribution in [2.45, 2.75) is 316 Å². The monoisotopic (exact) mass is 1520 g/mol. The lowest BCUT2D eigenvalue weighted by Gasteiger charge is -2.21. The fourth-order valence-corrected chi connectivity index (χ4v) is 11.7. The number of hydrogen-bond donors (Lipinski definition) is 3. The second-order valence-electron chi connectivity index (χ2n) is 26.2. The Morgan fingerprint density at radius 3 is 0.840 bits per heavy atom. The van der Waals surface area contributed by atoms with Crippen LogP contribution >= 0.6 is 15.6 Å². The highest BCUT2D eigenvalue weighted by Crippen LogP contribution is 2.45. The number of esters is 4. The van der Waals surface area contributed by atoms with E-state index in [0.717, 1.165) is 199 Å². The van der Waals surface area contributed by atoms with Crippen molar-refractivity contribution in [2.75, 3.05) is 39.6 Å². The average Bonchev–Trinajstić information content (AvgIpc) is 0.899. The average molecular weight is 1520 g/mol. The van der Waals surface area contributed by atoms with Crippen molar-refractivity contribution in [1.82, 2.24) is 0 Å². The number of rotatable bonds is 74. The second kappa shape index (κ2) is 77.6. The van der Waals surface area contributed by atoms with E-state index in [2.05, 4.69) is 174 Å². The Balaban J connectivity index is 5.47. The molecule has 0 aromatic carbocycles. The van der Waals surface area contributed by atoms with Crippen molar-refractivity contribution in [1.29, 1.82) is 0 Å². The van der Waals surface area contributed by atoms with Crippen molar-refractivity contribution in [3.8, 4) is 0 Å². The zero-order valence-electron chi connectivity index (χ0n) is 65.8. The summed E-state index contributed by atoms with van der Waals surface area (Å²) in [5.74, 6) is -2.38. The van der Waals surface area contributed by atoms with Crippen LogP contribution in [-0.4, -0.2) is 96.7 Å². The normalized spacial score (nSPS) is 14.7. The number of phosphoric ester groups is 2. The standard InChI is InChI=1S/C87H142O17P2/c1-5-9-13-17-21-25-29-33-37-39-40-42-45-48-52-56-60-64-68-72-85(90)98-78-83(104-87(92)74-70-66-62-58-54-50-46-41-38-34-30-26-22-18-14-10-6-2)80-102-106(95,96)100-76-81(88)75-99-105(93,94)101-79-82(103-86(91)73-69-65-61-57-53-49-44-36-32-28-24-20-16-12-8-4)77-97-84(89)71-67-63-59-55-51-47-43-35-31-27-23-19-15-11-7-3/h10-12,14-16,21-28,33-38,40,42-44,51,55,63,67,81-83,88H,5-9,13,17-20,29-32,39,41,45-50,52-54,56-62,64-66,68-80H2,1-4H3,(H,93,94)(H,95,96)/b14-10-,15-11-,16-12-,25-21-,26-22-,27-23-,28-24-,37-33-,38-34-,42-40-,43-35-,44-36-,55-51-,67-63-. The molecule has 0 heterocycles. The lowest BCUT2D eigenvalue weighted by atomic mass is 10.1. The minimum atomic E-state index is -5.01. The van der Waals surface area contributed by atoms with Crippen LogP contribution in [0.1, 0.15) is 297 Å². The number of ether oxygens (including phenoxy) is 4. The minimum absolute atomic E-state index is 0.0500. The Morgan fingerprint density at radius 2 is 0.528 bits per heavy atom. The Bertz CT molecular complexity index is 2680. The molecule has 0 aromatic heterocycles. The molecule has 0 amide bonds. The van der Waals surface area contributed by atoms with Crippen LogP contribution in [0, 0.1) is 0 Å². The lowest BCUT2D eigenvalue weighted by Crippen LogP contribution is -2.30. The third-order valence-electron chi connectivity index (χ3n) is 16.2. The van der Waals surface area contributed by atoms with Gasteiger partial charge in [0, 0.05) is 19.3 Å². The molecular formula is C87H142O17P2. The molecule has 0 aromatic rings. The summed E-state index contributed by atoms with van der Waals surface area (Å²) in [7, 11) is -10.0. The van der Waals surface area contributed by atoms with E-state index in [-0.39, 0.29) is 25.7 Å². The summed E-state index contributed by atoms with van der Waals surface area (Å²) in [6.45, 7) is 4.35. The third-order valence-corrected chi connectivity index (χ3v) is 18.1. The predicted octanol–water partition coefficient (Wildman–Crippen LogP) is 23.8. The molecule has 106 heavy (non-hydrogen) atoms. The van der Waals surface area contributed by atoms with Gasteiger partial charge >= 0.3 is 39.5 Å². The van der Waals surface area contributed by atoms with Gasteiger partial charge in [0.1, 0.15) is 19.3 Å². The summed E-state index contributed by atoms with van der Waals surface area (Å²) >= 11 is 0. The van der Waals surface area contributed by atoms with Crippen molar-refractivity contribution in [3.63, 3.8) is 0 Å². The van der Waals surface area contributed by atoms with E-state index in [9.17, 15) is 43.2 Å². The quantitative estimate of drug-likeness (QED) is 0.0169. The fraction of sp³-hybridized carbons (Fsp3) is 0.632. The van der Waals surface area contributed by atoms with E-state index in [1.807, 2.05) is 18.2 Å². The number of aliphatic hydroxyl groups is 1. The zero-order chi connectivity index (χ0) is 77.4. The maximum Gasteiger partial charge on any atom is 0.472 e. The van der Waals surface area contributed by atoms with Gasteiger partial charge in [0.05, 0.1) is 32.8 Å². The number of phosphoric acid groups is 2. The molecule has 5 unspecified atom stereocenters. The molecule has 0 radical (unpaired) electrons. The van der Waals surface area contributed by atoms with Crippen LogP contribution in [0.5, 0.6) is 0 Å². The molecule has 0 saturated carbocycles. The van der Waals surface area contributed by atoms with E-state index >= 15 is 0 Å². The van der Waals surface area contributed by atoms with Gasteiger partial charge < -0.3 is 33.8 Å². The Kier molecular flexibility index (Phi) is 73.5. The van der Waals surface area contributed by atoms with Crippen molar-refractivity contribution >= 4 is 39.5 Å². The van der Waals surface area contributed by atoms with Crippen LogP contribution in [0.3, 0.4) is 0 Å². The summed E-state index contributed by atoms with van der Waals surface area (Å²) in [4.78, 5) is 73.0. The van der Waals surface area contributed by atoms with Crippen molar-refractivity contribution in [3.05, 3.63) is 170 Å². The summed E-state index contributed by atoms with van der Waals surface area (Å²) in [6.07, 6.45) is 92.1. The van der Waals surface area contributed by atoms with E-state index in [1.54, 1.807) is 6.08 Å². The van der Waals surface area contributed by atoms with Crippen molar-refractivity contribution < 1.29 is 80.2 Å². The number of carbonyl (C=O) groups is 4. The topological polar surface area (TPSA) is 237 Å². The molecule has 0 fully saturated rings. The van der Waals surface area contributed by atoms with Gasteiger partial charge in [0.15, 0.2) is 12.2 Å². The fourth-order valence-electron chi connectivity index (χ4n) is 10.2. The van der Waals surface area contributed by atoms with Gasteiger partial charge in [0.2, 0.25) is 0 Å². The first-order valence-corrected chi connectivity index (χ1v) is 43.4. The Labute approximate surface area is 642 Å². The van der Waals surface area contributed by atoms with Gasteiger partial charge in [-0.3, -0.25) is 37.3 Å². The first-order chi connectivity index (χ1) is 51.7. The minimum Gasteiger partial charge on any atom is -0.462 e. The summed E-state index contributed by atoms with van der Waals surface area (Å²) < 4.78 is 68.5. The summed E-state index contributed by atoms with van der Waals surface area (Å²) in [5, 5.41) is 10.6. The van der Waals surface area contributed by atoms with Crippen LogP contribution in [0.4, 0.5) is 0 Å². The van der Waals surface area contributed by atoms with Crippen LogP contribution in [0.15, 0.2) is 170 Å². The van der Waals surface area contributed by atoms with Gasteiger partial charge in [-0.15, -0.1) is 0 Å². The number of allylic oxidation sites excluding steroid dienone is 27. The number of unbranched alkanes of at least 4 members (excludes halogenated alkanes) is 21. The molecule has 17 nitrogen and oxygen atoms in total. The van der Waals surface area contributed by atoms with Crippen LogP contribution < -0.4 is 0 Å². The number of aliphatic hydroxyl groups excluding tert-OH is 1. The maximum absolute atomic E-state index is 13.1. The van der Waals surface area contributed by atoms with E-state index < -0.39 is 97.5 Å².